The number of nitrogens with one attached hydrogen (secondary N) is 1. The van der Waals surface area contributed by atoms with Gasteiger partial charge in [-0.05, 0) is 25.1 Å². The molecule has 1 aromatic carbocycles. The molecule has 0 aliphatic carbocycles. The van der Waals surface area contributed by atoms with Crippen molar-refractivity contribution in [2.75, 3.05) is 5.32 Å². The van der Waals surface area contributed by atoms with E-state index >= 15 is 0 Å². The van der Waals surface area contributed by atoms with Crippen LogP contribution in [0.15, 0.2) is 42.7 Å². The Morgan fingerprint density at radius 2 is 2.10 bits per heavy atom. The van der Waals surface area contributed by atoms with E-state index < -0.39 is 12.7 Å². The summed E-state index contributed by atoms with van der Waals surface area (Å²) in [5.41, 5.74) is 0.191. The highest BCUT2D eigenvalue weighted by molar-refractivity contribution is 5.94. The van der Waals surface area contributed by atoms with Crippen LogP contribution in [0.2, 0.25) is 0 Å². The third kappa shape index (κ3) is 3.31. The average Bonchev–Trinajstić information content (AvgIpc) is 2.93. The van der Waals surface area contributed by atoms with Gasteiger partial charge >= 0.3 is 6.61 Å². The lowest BCUT2D eigenvalue weighted by Gasteiger charge is -2.15. The van der Waals surface area contributed by atoms with Crippen molar-refractivity contribution in [3.63, 3.8) is 0 Å². The van der Waals surface area contributed by atoms with Crippen LogP contribution < -0.4 is 10.1 Å². The topological polar surface area (TPSA) is 56.1 Å². The van der Waals surface area contributed by atoms with Crippen LogP contribution in [0.1, 0.15) is 13.0 Å². The Balaban J connectivity index is 2.11. The summed E-state index contributed by atoms with van der Waals surface area (Å²) in [7, 11) is 0. The van der Waals surface area contributed by atoms with Gasteiger partial charge in [0.25, 0.3) is 0 Å². The minimum absolute atomic E-state index is 0.0801. The van der Waals surface area contributed by atoms with Crippen LogP contribution in [0.25, 0.3) is 0 Å². The molecule has 5 nitrogen and oxygen atoms in total. The van der Waals surface area contributed by atoms with Gasteiger partial charge < -0.3 is 10.1 Å². The molecule has 0 bridgehead atoms. The number of benzene rings is 1. The molecule has 20 heavy (non-hydrogen) atoms. The number of carbonyl (C=O) groups is 1. The molecule has 0 radical (unpaired) electrons. The maximum atomic E-state index is 12.3. The minimum atomic E-state index is -2.95. The average molecular weight is 281 g/mol. The Bertz CT molecular complexity index is 573. The molecule has 0 aliphatic rings. The Kier molecular flexibility index (Phi) is 4.29. The molecule has 1 heterocycles. The smallest absolute Gasteiger partial charge is 0.387 e. The van der Waals surface area contributed by atoms with E-state index in [4.69, 9.17) is 0 Å². The molecule has 7 heteroatoms. The van der Waals surface area contributed by atoms with Gasteiger partial charge in [0, 0.05) is 12.4 Å². The van der Waals surface area contributed by atoms with E-state index in [-0.39, 0.29) is 17.3 Å². The molecule has 1 amide bonds. The number of hydrogen-bond donors (Lipinski definition) is 1. The lowest BCUT2D eigenvalue weighted by atomic mass is 10.2. The number of amides is 1. The molecule has 1 N–H and O–H groups in total. The predicted molar refractivity (Wildman–Crippen MR) is 68.6 cm³/mol. The van der Waals surface area contributed by atoms with Crippen molar-refractivity contribution < 1.29 is 18.3 Å². The second-order valence-corrected chi connectivity index (χ2v) is 4.03. The zero-order chi connectivity index (χ0) is 14.5. The van der Waals surface area contributed by atoms with Crippen molar-refractivity contribution in [2.45, 2.75) is 19.6 Å². The Morgan fingerprint density at radius 3 is 2.75 bits per heavy atom. The first kappa shape index (κ1) is 14.0. The van der Waals surface area contributed by atoms with Crippen LogP contribution >= 0.6 is 0 Å². The number of alkyl halides is 2. The number of halogens is 2. The fourth-order valence-electron chi connectivity index (χ4n) is 1.64. The number of rotatable bonds is 5. The van der Waals surface area contributed by atoms with E-state index in [0.29, 0.717) is 0 Å². The minimum Gasteiger partial charge on any atom is -0.433 e. The summed E-state index contributed by atoms with van der Waals surface area (Å²) in [6.45, 7) is -1.30. The van der Waals surface area contributed by atoms with Gasteiger partial charge in [0.15, 0.2) is 0 Å². The van der Waals surface area contributed by atoms with E-state index in [1.807, 2.05) is 0 Å². The highest BCUT2D eigenvalue weighted by atomic mass is 19.3. The zero-order valence-corrected chi connectivity index (χ0v) is 10.7. The highest BCUT2D eigenvalue weighted by Gasteiger charge is 2.17. The molecular formula is C13H13F2N3O2. The Labute approximate surface area is 114 Å². The van der Waals surface area contributed by atoms with Gasteiger partial charge in [-0.1, -0.05) is 12.1 Å². The molecule has 2 aromatic rings. The van der Waals surface area contributed by atoms with Crippen LogP contribution in [0, 0.1) is 0 Å². The Morgan fingerprint density at radius 1 is 1.35 bits per heavy atom. The van der Waals surface area contributed by atoms with Gasteiger partial charge in [-0.3, -0.25) is 9.48 Å². The number of anilines is 1. The van der Waals surface area contributed by atoms with Crippen molar-refractivity contribution in [2.24, 2.45) is 0 Å². The molecule has 1 unspecified atom stereocenters. The molecule has 106 valence electrons. The van der Waals surface area contributed by atoms with E-state index in [2.05, 4.69) is 15.2 Å². The van der Waals surface area contributed by atoms with Crippen LogP contribution in [-0.2, 0) is 4.79 Å². The largest absolute Gasteiger partial charge is 0.433 e. The molecule has 1 aromatic heterocycles. The number of aromatic nitrogens is 2. The van der Waals surface area contributed by atoms with Gasteiger partial charge in [-0.15, -0.1) is 0 Å². The van der Waals surface area contributed by atoms with Crippen molar-refractivity contribution >= 4 is 11.6 Å². The zero-order valence-electron chi connectivity index (χ0n) is 10.7. The van der Waals surface area contributed by atoms with Crippen LogP contribution in [0.4, 0.5) is 14.5 Å². The van der Waals surface area contributed by atoms with E-state index in [9.17, 15) is 13.6 Å². The summed E-state index contributed by atoms with van der Waals surface area (Å²) in [5.74, 6) is -0.456. The fourth-order valence-corrected chi connectivity index (χ4v) is 1.64. The summed E-state index contributed by atoms with van der Waals surface area (Å²) in [6, 6.07) is 7.14. The normalized spacial score (nSPS) is 12.2. The quantitative estimate of drug-likeness (QED) is 0.916. The van der Waals surface area contributed by atoms with Gasteiger partial charge in [0.05, 0.1) is 5.69 Å². The first-order chi connectivity index (χ1) is 9.58. The number of hydrogen-bond acceptors (Lipinski definition) is 3. The lowest BCUT2D eigenvalue weighted by Crippen LogP contribution is -2.24. The van der Waals surface area contributed by atoms with Crippen LogP contribution in [-0.4, -0.2) is 22.3 Å². The molecule has 0 aliphatic heterocycles. The van der Waals surface area contributed by atoms with Crippen molar-refractivity contribution in [3.8, 4) is 5.75 Å². The maximum Gasteiger partial charge on any atom is 0.387 e. The van der Waals surface area contributed by atoms with Gasteiger partial charge in [0.1, 0.15) is 11.8 Å². The second-order valence-electron chi connectivity index (χ2n) is 4.03. The van der Waals surface area contributed by atoms with Crippen molar-refractivity contribution in [3.05, 3.63) is 42.7 Å². The predicted octanol–water partition coefficient (Wildman–Crippen LogP) is 2.68. The molecule has 0 spiro atoms. The summed E-state index contributed by atoms with van der Waals surface area (Å²) < 4.78 is 30.4. The molecule has 1 atom stereocenters. The number of nitrogens with zero attached hydrogens (tertiary/aromatic N) is 2. The Hall–Kier alpha value is -2.44. The molecular weight excluding hydrogens is 268 g/mol. The molecule has 0 saturated carbocycles. The van der Waals surface area contributed by atoms with E-state index in [0.717, 1.165) is 0 Å². The maximum absolute atomic E-state index is 12.3. The van der Waals surface area contributed by atoms with Crippen LogP contribution in [0.3, 0.4) is 0 Å². The lowest BCUT2D eigenvalue weighted by molar-refractivity contribution is -0.119. The number of carbonyl (C=O) groups excluding carboxylic acids is 1. The monoisotopic (exact) mass is 281 g/mol. The summed E-state index contributed by atoms with van der Waals surface area (Å²) in [5, 5.41) is 6.50. The third-order valence-electron chi connectivity index (χ3n) is 2.66. The van der Waals surface area contributed by atoms with Gasteiger partial charge in [0.2, 0.25) is 5.91 Å². The second kappa shape index (κ2) is 6.14. The third-order valence-corrected chi connectivity index (χ3v) is 2.66. The fraction of sp³-hybridized carbons (Fsp3) is 0.231. The van der Waals surface area contributed by atoms with E-state index in [1.165, 1.54) is 16.8 Å². The molecule has 2 rings (SSSR count). The van der Waals surface area contributed by atoms with E-state index in [1.54, 1.807) is 37.5 Å². The first-order valence-corrected chi connectivity index (χ1v) is 5.92. The number of para-hydroxylation sites is 2. The summed E-state index contributed by atoms with van der Waals surface area (Å²) in [4.78, 5) is 12.0. The van der Waals surface area contributed by atoms with Gasteiger partial charge in [-0.2, -0.15) is 13.9 Å². The number of ether oxygens (including phenoxy) is 1. The molecule has 0 fully saturated rings. The summed E-state index contributed by atoms with van der Waals surface area (Å²) in [6.07, 6.45) is 3.20. The van der Waals surface area contributed by atoms with Crippen molar-refractivity contribution in [1.82, 2.24) is 9.78 Å². The van der Waals surface area contributed by atoms with Gasteiger partial charge in [-0.25, -0.2) is 0 Å². The first-order valence-electron chi connectivity index (χ1n) is 5.92. The molecule has 0 saturated heterocycles. The van der Waals surface area contributed by atoms with Crippen LogP contribution in [0.5, 0.6) is 5.75 Å². The van der Waals surface area contributed by atoms with Crippen molar-refractivity contribution in [1.29, 1.82) is 0 Å². The summed E-state index contributed by atoms with van der Waals surface area (Å²) >= 11 is 0. The highest BCUT2D eigenvalue weighted by Crippen LogP contribution is 2.26. The SMILES string of the molecule is CC(C(=O)Nc1ccccc1OC(F)F)n1cccn1. The standard InChI is InChI=1S/C13H13F2N3O2/c1-9(18-8-4-7-16-18)12(19)17-10-5-2-3-6-11(10)20-13(14)15/h2-9,13H,1H3,(H,17,19).